The van der Waals surface area contributed by atoms with Gasteiger partial charge in [0.25, 0.3) is 0 Å². The Kier molecular flexibility index (Phi) is 4.58. The SMILES string of the molecule is CC(C)CCCNC(=O)C1(CN)CCC1. The molecule has 3 N–H and O–H groups in total. The summed E-state index contributed by atoms with van der Waals surface area (Å²) in [6.45, 7) is 5.71. The van der Waals surface area contributed by atoms with Crippen molar-refractivity contribution in [2.75, 3.05) is 13.1 Å². The second-order valence-electron chi connectivity index (χ2n) is 5.13. The van der Waals surface area contributed by atoms with Crippen molar-refractivity contribution in [3.05, 3.63) is 0 Å². The van der Waals surface area contributed by atoms with E-state index in [4.69, 9.17) is 5.73 Å². The van der Waals surface area contributed by atoms with Crippen molar-refractivity contribution < 1.29 is 4.79 Å². The number of carbonyl (C=O) groups is 1. The van der Waals surface area contributed by atoms with Gasteiger partial charge in [0.05, 0.1) is 5.41 Å². The van der Waals surface area contributed by atoms with E-state index in [1.165, 1.54) is 6.42 Å². The van der Waals surface area contributed by atoms with Crippen molar-refractivity contribution >= 4 is 5.91 Å². The van der Waals surface area contributed by atoms with Crippen LogP contribution in [0.2, 0.25) is 0 Å². The predicted molar refractivity (Wildman–Crippen MR) is 62.4 cm³/mol. The third kappa shape index (κ3) is 3.20. The lowest BCUT2D eigenvalue weighted by atomic mass is 9.68. The Morgan fingerprint density at radius 3 is 2.53 bits per heavy atom. The number of carbonyl (C=O) groups excluding carboxylic acids is 1. The number of nitrogens with two attached hydrogens (primary N) is 1. The summed E-state index contributed by atoms with van der Waals surface area (Å²) in [6, 6.07) is 0. The first-order valence-corrected chi connectivity index (χ1v) is 6.09. The minimum Gasteiger partial charge on any atom is -0.356 e. The summed E-state index contributed by atoms with van der Waals surface area (Å²) in [4.78, 5) is 11.8. The first-order valence-electron chi connectivity index (χ1n) is 6.09. The maximum Gasteiger partial charge on any atom is 0.227 e. The Labute approximate surface area is 92.8 Å². The van der Waals surface area contributed by atoms with Crippen LogP contribution in [0.3, 0.4) is 0 Å². The molecule has 0 aromatic rings. The number of rotatable bonds is 6. The molecule has 3 nitrogen and oxygen atoms in total. The van der Waals surface area contributed by atoms with Crippen LogP contribution in [-0.2, 0) is 4.79 Å². The van der Waals surface area contributed by atoms with Crippen LogP contribution >= 0.6 is 0 Å². The van der Waals surface area contributed by atoms with Gasteiger partial charge in [-0.1, -0.05) is 20.3 Å². The molecule has 0 aliphatic heterocycles. The predicted octanol–water partition coefficient (Wildman–Crippen LogP) is 1.67. The van der Waals surface area contributed by atoms with E-state index in [0.717, 1.165) is 32.2 Å². The van der Waals surface area contributed by atoms with Crippen LogP contribution in [-0.4, -0.2) is 19.0 Å². The van der Waals surface area contributed by atoms with Crippen molar-refractivity contribution in [2.24, 2.45) is 17.1 Å². The summed E-state index contributed by atoms with van der Waals surface area (Å²) >= 11 is 0. The number of hydrogen-bond acceptors (Lipinski definition) is 2. The zero-order valence-electron chi connectivity index (χ0n) is 10.0. The molecule has 1 amide bonds. The third-order valence-electron chi connectivity index (χ3n) is 3.43. The Hall–Kier alpha value is -0.570. The van der Waals surface area contributed by atoms with Gasteiger partial charge in [-0.25, -0.2) is 0 Å². The van der Waals surface area contributed by atoms with Gasteiger partial charge in [-0.15, -0.1) is 0 Å². The molecule has 1 saturated carbocycles. The zero-order valence-corrected chi connectivity index (χ0v) is 10.0. The van der Waals surface area contributed by atoms with Crippen LogP contribution in [0.4, 0.5) is 0 Å². The Bertz CT molecular complexity index is 204. The molecule has 0 heterocycles. The van der Waals surface area contributed by atoms with Crippen LogP contribution < -0.4 is 11.1 Å². The minimum atomic E-state index is -0.210. The molecule has 1 aliphatic rings. The van der Waals surface area contributed by atoms with Crippen LogP contribution in [0.15, 0.2) is 0 Å². The topological polar surface area (TPSA) is 55.1 Å². The second kappa shape index (κ2) is 5.50. The molecule has 0 atom stereocenters. The summed E-state index contributed by atoms with van der Waals surface area (Å²) in [5.74, 6) is 0.897. The van der Waals surface area contributed by atoms with Crippen LogP contribution in [0.25, 0.3) is 0 Å². The van der Waals surface area contributed by atoms with E-state index < -0.39 is 0 Å². The van der Waals surface area contributed by atoms with E-state index in [1.54, 1.807) is 0 Å². The highest BCUT2D eigenvalue weighted by Crippen LogP contribution is 2.39. The fraction of sp³-hybridized carbons (Fsp3) is 0.917. The smallest absolute Gasteiger partial charge is 0.227 e. The molecule has 0 spiro atoms. The van der Waals surface area contributed by atoms with Crippen LogP contribution in [0.1, 0.15) is 46.0 Å². The molecule has 0 aromatic heterocycles. The van der Waals surface area contributed by atoms with Gasteiger partial charge in [0.2, 0.25) is 5.91 Å². The van der Waals surface area contributed by atoms with Crippen molar-refractivity contribution in [1.82, 2.24) is 5.32 Å². The highest BCUT2D eigenvalue weighted by atomic mass is 16.2. The maximum absolute atomic E-state index is 11.8. The van der Waals surface area contributed by atoms with Gasteiger partial charge in [0.15, 0.2) is 0 Å². The lowest BCUT2D eigenvalue weighted by Gasteiger charge is -2.39. The Morgan fingerprint density at radius 2 is 2.13 bits per heavy atom. The molecular formula is C12H24N2O. The molecule has 0 saturated heterocycles. The molecule has 0 unspecified atom stereocenters. The van der Waals surface area contributed by atoms with E-state index in [9.17, 15) is 4.79 Å². The molecule has 0 bridgehead atoms. The zero-order chi connectivity index (χ0) is 11.3. The van der Waals surface area contributed by atoms with E-state index >= 15 is 0 Å². The summed E-state index contributed by atoms with van der Waals surface area (Å²) in [5.41, 5.74) is 5.45. The fourth-order valence-electron chi connectivity index (χ4n) is 2.03. The lowest BCUT2D eigenvalue weighted by Crippen LogP contribution is -2.50. The Balaban J connectivity index is 2.18. The molecule has 1 rings (SSSR count). The van der Waals surface area contributed by atoms with E-state index in [-0.39, 0.29) is 11.3 Å². The van der Waals surface area contributed by atoms with Gasteiger partial charge in [-0.2, -0.15) is 0 Å². The molecule has 3 heteroatoms. The number of nitrogens with one attached hydrogen (secondary N) is 1. The van der Waals surface area contributed by atoms with Gasteiger partial charge in [-0.05, 0) is 31.6 Å². The first kappa shape index (κ1) is 12.5. The molecule has 0 aromatic carbocycles. The lowest BCUT2D eigenvalue weighted by molar-refractivity contribution is -0.135. The quantitative estimate of drug-likeness (QED) is 0.658. The second-order valence-corrected chi connectivity index (χ2v) is 5.13. The van der Waals surface area contributed by atoms with Gasteiger partial charge in [0, 0.05) is 13.1 Å². The monoisotopic (exact) mass is 212 g/mol. The van der Waals surface area contributed by atoms with Crippen molar-refractivity contribution in [3.8, 4) is 0 Å². The normalized spacial score (nSPS) is 18.7. The maximum atomic E-state index is 11.8. The molecular weight excluding hydrogens is 188 g/mol. The molecule has 15 heavy (non-hydrogen) atoms. The fourth-order valence-corrected chi connectivity index (χ4v) is 2.03. The molecule has 1 aliphatic carbocycles. The largest absolute Gasteiger partial charge is 0.356 e. The summed E-state index contributed by atoms with van der Waals surface area (Å²) < 4.78 is 0. The number of amides is 1. The van der Waals surface area contributed by atoms with Crippen LogP contribution in [0.5, 0.6) is 0 Å². The average Bonchev–Trinajstić information content (AvgIpc) is 2.11. The summed E-state index contributed by atoms with van der Waals surface area (Å²) in [7, 11) is 0. The van der Waals surface area contributed by atoms with Gasteiger partial charge < -0.3 is 11.1 Å². The van der Waals surface area contributed by atoms with Gasteiger partial charge >= 0.3 is 0 Å². The van der Waals surface area contributed by atoms with Crippen LogP contribution in [0, 0.1) is 11.3 Å². The van der Waals surface area contributed by atoms with E-state index in [1.807, 2.05) is 0 Å². The number of hydrogen-bond donors (Lipinski definition) is 2. The van der Waals surface area contributed by atoms with E-state index in [2.05, 4.69) is 19.2 Å². The highest BCUT2D eigenvalue weighted by Gasteiger charge is 2.42. The first-order chi connectivity index (χ1) is 7.10. The minimum absolute atomic E-state index is 0.181. The van der Waals surface area contributed by atoms with Crippen molar-refractivity contribution in [2.45, 2.75) is 46.0 Å². The van der Waals surface area contributed by atoms with Crippen molar-refractivity contribution in [3.63, 3.8) is 0 Å². The molecule has 0 radical (unpaired) electrons. The van der Waals surface area contributed by atoms with Gasteiger partial charge in [0.1, 0.15) is 0 Å². The van der Waals surface area contributed by atoms with Crippen molar-refractivity contribution in [1.29, 1.82) is 0 Å². The standard InChI is InChI=1S/C12H24N2O/c1-10(2)5-3-8-14-11(15)12(9-13)6-4-7-12/h10H,3-9,13H2,1-2H3,(H,14,15). The average molecular weight is 212 g/mol. The summed E-state index contributed by atoms with van der Waals surface area (Å²) in [6.07, 6.45) is 5.34. The molecule has 1 fully saturated rings. The summed E-state index contributed by atoms with van der Waals surface area (Å²) in [5, 5.41) is 3.01. The van der Waals surface area contributed by atoms with E-state index in [0.29, 0.717) is 12.5 Å². The van der Waals surface area contributed by atoms with Gasteiger partial charge in [-0.3, -0.25) is 4.79 Å². The third-order valence-corrected chi connectivity index (χ3v) is 3.43. The molecule has 88 valence electrons. The highest BCUT2D eigenvalue weighted by molar-refractivity contribution is 5.83. The Morgan fingerprint density at radius 1 is 1.47 bits per heavy atom.